The highest BCUT2D eigenvalue weighted by Gasteiger charge is 2.18. The zero-order chi connectivity index (χ0) is 19.1. The van der Waals surface area contributed by atoms with E-state index >= 15 is 0 Å². The van der Waals surface area contributed by atoms with Gasteiger partial charge in [0.15, 0.2) is 0 Å². The van der Waals surface area contributed by atoms with Crippen LogP contribution < -0.4 is 0 Å². The summed E-state index contributed by atoms with van der Waals surface area (Å²) in [5.41, 5.74) is 4.22. The molecule has 0 unspecified atom stereocenters. The van der Waals surface area contributed by atoms with E-state index in [0.717, 1.165) is 16.6 Å². The minimum absolute atomic E-state index is 0.308. The molecule has 7 rings (SSSR count). The molecule has 0 amide bonds. The van der Waals surface area contributed by atoms with Gasteiger partial charge in [0.2, 0.25) is 0 Å². The van der Waals surface area contributed by atoms with E-state index in [4.69, 9.17) is 0 Å². The molecule has 2 nitrogen and oxygen atoms in total. The van der Waals surface area contributed by atoms with Gasteiger partial charge in [-0.25, -0.2) is 0 Å². The molecule has 0 atom stereocenters. The second kappa shape index (κ2) is 5.28. The molecule has 0 spiro atoms. The Balaban J connectivity index is 1.66. The van der Waals surface area contributed by atoms with Crippen LogP contribution in [0, 0.1) is 0 Å². The SMILES string of the molecule is Oc1ccccc1-c1cc2ccc3cc4c5ccccc5sc4c4[nH]c(c1)c2c34. The van der Waals surface area contributed by atoms with E-state index in [0.29, 0.717) is 5.75 Å². The van der Waals surface area contributed by atoms with Crippen LogP contribution in [0.15, 0.2) is 78.9 Å². The minimum Gasteiger partial charge on any atom is -0.507 e. The van der Waals surface area contributed by atoms with Crippen molar-refractivity contribution in [2.75, 3.05) is 0 Å². The lowest BCUT2D eigenvalue weighted by molar-refractivity contribution is 0.477. The quantitative estimate of drug-likeness (QED) is 0.278. The standard InChI is InChI=1S/C26H15NOS/c28-21-7-3-1-5-17(21)16-11-14-9-10-15-12-19-18-6-2-4-8-22(18)29-26(19)25-24(15)23(14)20(13-16)27-25/h1-13,27-28H. The maximum atomic E-state index is 10.3. The van der Waals surface area contributed by atoms with Gasteiger partial charge in [-0.15, -0.1) is 11.3 Å². The van der Waals surface area contributed by atoms with Gasteiger partial charge in [-0.05, 0) is 46.7 Å². The van der Waals surface area contributed by atoms with Crippen LogP contribution in [0.4, 0.5) is 0 Å². The van der Waals surface area contributed by atoms with Crippen LogP contribution in [0.1, 0.15) is 0 Å². The molecule has 136 valence electrons. The van der Waals surface area contributed by atoms with Crippen LogP contribution in [0.5, 0.6) is 5.75 Å². The lowest BCUT2D eigenvalue weighted by Gasteiger charge is -2.08. The van der Waals surface area contributed by atoms with Crippen molar-refractivity contribution in [2.24, 2.45) is 0 Å². The Kier molecular flexibility index (Phi) is 2.80. The van der Waals surface area contributed by atoms with E-state index in [1.807, 2.05) is 29.5 Å². The summed E-state index contributed by atoms with van der Waals surface area (Å²) < 4.78 is 2.63. The maximum absolute atomic E-state index is 10.3. The molecule has 0 fully saturated rings. The molecular formula is C26H15NOS. The van der Waals surface area contributed by atoms with Crippen molar-refractivity contribution >= 4 is 64.1 Å². The van der Waals surface area contributed by atoms with E-state index in [9.17, 15) is 5.11 Å². The van der Waals surface area contributed by atoms with Gasteiger partial charge < -0.3 is 10.1 Å². The Morgan fingerprint density at radius 3 is 2.41 bits per heavy atom. The fourth-order valence-electron chi connectivity index (χ4n) is 4.76. The molecule has 0 saturated carbocycles. The molecule has 0 aliphatic carbocycles. The number of nitrogens with one attached hydrogen (secondary N) is 1. The van der Waals surface area contributed by atoms with Gasteiger partial charge in [-0.1, -0.05) is 48.5 Å². The van der Waals surface area contributed by atoms with Crippen molar-refractivity contribution in [3.05, 3.63) is 78.9 Å². The number of hydrogen-bond donors (Lipinski definition) is 2. The van der Waals surface area contributed by atoms with Gasteiger partial charge in [0, 0.05) is 37.3 Å². The number of H-pyrrole nitrogens is 1. The number of rotatable bonds is 1. The van der Waals surface area contributed by atoms with Crippen LogP contribution in [0.25, 0.3) is 63.9 Å². The highest BCUT2D eigenvalue weighted by molar-refractivity contribution is 7.26. The molecule has 2 N–H and O–H groups in total. The zero-order valence-electron chi connectivity index (χ0n) is 15.4. The van der Waals surface area contributed by atoms with Gasteiger partial charge in [-0.3, -0.25) is 0 Å². The van der Waals surface area contributed by atoms with Crippen molar-refractivity contribution < 1.29 is 5.11 Å². The third-order valence-corrected chi connectivity index (χ3v) is 7.24. The van der Waals surface area contributed by atoms with Gasteiger partial charge in [0.05, 0.1) is 10.2 Å². The number of aromatic amines is 1. The monoisotopic (exact) mass is 389 g/mol. The molecule has 0 radical (unpaired) electrons. The van der Waals surface area contributed by atoms with Crippen LogP contribution in [0.3, 0.4) is 0 Å². The van der Waals surface area contributed by atoms with E-state index in [1.165, 1.54) is 47.2 Å². The molecule has 3 heteroatoms. The number of hydrogen-bond acceptors (Lipinski definition) is 2. The Hall–Kier alpha value is -3.56. The third-order valence-electron chi connectivity index (χ3n) is 6.04. The van der Waals surface area contributed by atoms with Crippen molar-refractivity contribution in [3.8, 4) is 16.9 Å². The summed E-state index contributed by atoms with van der Waals surface area (Å²) >= 11 is 1.85. The first-order chi connectivity index (χ1) is 14.3. The Morgan fingerprint density at radius 1 is 0.724 bits per heavy atom. The summed E-state index contributed by atoms with van der Waals surface area (Å²) in [6.07, 6.45) is 0. The number of thiophene rings is 1. The first-order valence-electron chi connectivity index (χ1n) is 9.68. The number of phenolic OH excluding ortho intramolecular Hbond substituents is 1. The summed E-state index contributed by atoms with van der Waals surface area (Å²) in [4.78, 5) is 3.72. The molecule has 5 aromatic carbocycles. The first-order valence-corrected chi connectivity index (χ1v) is 10.5. The number of para-hydroxylation sites is 1. The van der Waals surface area contributed by atoms with Crippen LogP contribution >= 0.6 is 11.3 Å². The highest BCUT2D eigenvalue weighted by Crippen LogP contribution is 2.45. The summed E-state index contributed by atoms with van der Waals surface area (Å²) in [5, 5.41) is 18.0. The summed E-state index contributed by atoms with van der Waals surface area (Å²) in [7, 11) is 0. The molecule has 0 saturated heterocycles. The summed E-state index contributed by atoms with van der Waals surface area (Å²) in [6, 6.07) is 27.3. The molecule has 7 aromatic rings. The molecule has 2 aromatic heterocycles. The first kappa shape index (κ1) is 15.4. The predicted octanol–water partition coefficient (Wildman–Crippen LogP) is 7.65. The molecule has 29 heavy (non-hydrogen) atoms. The Labute approximate surface area is 170 Å². The Morgan fingerprint density at radius 2 is 1.52 bits per heavy atom. The van der Waals surface area contributed by atoms with E-state index < -0.39 is 0 Å². The normalized spacial score (nSPS) is 12.3. The predicted molar refractivity (Wildman–Crippen MR) is 124 cm³/mol. The number of aromatic nitrogens is 1. The van der Waals surface area contributed by atoms with Crippen molar-refractivity contribution in [2.45, 2.75) is 0 Å². The highest BCUT2D eigenvalue weighted by atomic mass is 32.1. The Bertz CT molecular complexity index is 1720. The molecule has 0 bridgehead atoms. The summed E-state index contributed by atoms with van der Waals surface area (Å²) in [5.74, 6) is 0.308. The molecular weight excluding hydrogens is 374 g/mol. The van der Waals surface area contributed by atoms with Gasteiger partial charge in [0.25, 0.3) is 0 Å². The average Bonchev–Trinajstić information content (AvgIpc) is 3.31. The molecule has 2 heterocycles. The van der Waals surface area contributed by atoms with Gasteiger partial charge in [-0.2, -0.15) is 0 Å². The maximum Gasteiger partial charge on any atom is 0.123 e. The molecule has 0 aliphatic rings. The second-order valence-corrected chi connectivity index (χ2v) is 8.71. The van der Waals surface area contributed by atoms with Crippen molar-refractivity contribution in [1.82, 2.24) is 4.98 Å². The van der Waals surface area contributed by atoms with Crippen LogP contribution in [0.2, 0.25) is 0 Å². The molecule has 0 aliphatic heterocycles. The van der Waals surface area contributed by atoms with Crippen molar-refractivity contribution in [3.63, 3.8) is 0 Å². The average molecular weight is 389 g/mol. The number of aromatic hydroxyl groups is 1. The van der Waals surface area contributed by atoms with Gasteiger partial charge in [0.1, 0.15) is 5.75 Å². The van der Waals surface area contributed by atoms with Crippen LogP contribution in [-0.2, 0) is 0 Å². The largest absolute Gasteiger partial charge is 0.507 e. The fourth-order valence-corrected chi connectivity index (χ4v) is 5.95. The van der Waals surface area contributed by atoms with Crippen molar-refractivity contribution in [1.29, 1.82) is 0 Å². The van der Waals surface area contributed by atoms with E-state index in [2.05, 4.69) is 59.6 Å². The third kappa shape index (κ3) is 1.95. The number of phenols is 1. The number of fused-ring (bicyclic) bond motifs is 4. The minimum atomic E-state index is 0.308. The smallest absolute Gasteiger partial charge is 0.123 e. The zero-order valence-corrected chi connectivity index (χ0v) is 16.2. The number of benzene rings is 5. The fraction of sp³-hybridized carbons (Fsp3) is 0. The van der Waals surface area contributed by atoms with Crippen LogP contribution in [-0.4, -0.2) is 10.1 Å². The second-order valence-electron chi connectivity index (χ2n) is 7.65. The lowest BCUT2D eigenvalue weighted by Crippen LogP contribution is -1.82. The van der Waals surface area contributed by atoms with E-state index in [-0.39, 0.29) is 0 Å². The topological polar surface area (TPSA) is 36.0 Å². The van der Waals surface area contributed by atoms with Gasteiger partial charge >= 0.3 is 0 Å². The lowest BCUT2D eigenvalue weighted by atomic mass is 9.96. The summed E-state index contributed by atoms with van der Waals surface area (Å²) in [6.45, 7) is 0. The van der Waals surface area contributed by atoms with E-state index in [1.54, 1.807) is 6.07 Å².